The molecular formula is C13H21N3O2. The molecule has 1 amide bonds. The summed E-state index contributed by atoms with van der Waals surface area (Å²) < 4.78 is 5.09. The minimum Gasteiger partial charge on any atom is -0.361 e. The quantitative estimate of drug-likeness (QED) is 0.870. The molecule has 1 aliphatic rings. The lowest BCUT2D eigenvalue weighted by atomic mass is 10.0. The Morgan fingerprint density at radius 1 is 1.67 bits per heavy atom. The van der Waals surface area contributed by atoms with Gasteiger partial charge in [-0.2, -0.15) is 0 Å². The molecular weight excluding hydrogens is 230 g/mol. The van der Waals surface area contributed by atoms with Gasteiger partial charge in [-0.1, -0.05) is 19.0 Å². The number of amides is 1. The maximum absolute atomic E-state index is 12.2. The molecule has 1 aromatic rings. The third-order valence-corrected chi connectivity index (χ3v) is 3.36. The zero-order chi connectivity index (χ0) is 13.1. The second kappa shape index (κ2) is 5.52. The molecule has 0 saturated carbocycles. The number of rotatable bonds is 3. The smallest absolute Gasteiger partial charge is 0.230 e. The van der Waals surface area contributed by atoms with Gasteiger partial charge in [0.1, 0.15) is 5.76 Å². The van der Waals surface area contributed by atoms with Crippen molar-refractivity contribution in [3.8, 4) is 0 Å². The van der Waals surface area contributed by atoms with E-state index in [1.54, 1.807) is 0 Å². The van der Waals surface area contributed by atoms with Crippen LogP contribution in [0.2, 0.25) is 0 Å². The van der Waals surface area contributed by atoms with Crippen LogP contribution in [0.15, 0.2) is 10.6 Å². The summed E-state index contributed by atoms with van der Waals surface area (Å²) in [5.41, 5.74) is 0.818. The summed E-state index contributed by atoms with van der Waals surface area (Å²) in [6.45, 7) is 8.62. The van der Waals surface area contributed by atoms with Crippen LogP contribution in [0.3, 0.4) is 0 Å². The first-order chi connectivity index (χ1) is 8.56. The van der Waals surface area contributed by atoms with E-state index >= 15 is 0 Å². The third kappa shape index (κ3) is 3.10. The van der Waals surface area contributed by atoms with Gasteiger partial charge in [-0.15, -0.1) is 0 Å². The second-order valence-corrected chi connectivity index (χ2v) is 5.26. The molecule has 1 N–H and O–H groups in total. The summed E-state index contributed by atoms with van der Waals surface area (Å²) in [4.78, 5) is 14.1. The van der Waals surface area contributed by atoms with Gasteiger partial charge in [0.25, 0.3) is 0 Å². The Kier molecular flexibility index (Phi) is 4.01. The predicted octanol–water partition coefficient (Wildman–Crippen LogP) is 0.982. The van der Waals surface area contributed by atoms with Crippen molar-refractivity contribution in [3.63, 3.8) is 0 Å². The van der Waals surface area contributed by atoms with E-state index in [0.717, 1.165) is 25.3 Å². The van der Waals surface area contributed by atoms with E-state index in [1.165, 1.54) is 0 Å². The first-order valence-electron chi connectivity index (χ1n) is 6.49. The molecule has 5 heteroatoms. The van der Waals surface area contributed by atoms with Gasteiger partial charge in [0.05, 0.1) is 12.1 Å². The van der Waals surface area contributed by atoms with Crippen molar-refractivity contribution < 1.29 is 9.32 Å². The molecule has 0 aromatic carbocycles. The molecule has 1 aliphatic heterocycles. The average Bonchev–Trinajstić information content (AvgIpc) is 2.75. The minimum atomic E-state index is 0.123. The Bertz CT molecular complexity index is 414. The molecule has 2 heterocycles. The van der Waals surface area contributed by atoms with Crippen LogP contribution in [-0.4, -0.2) is 41.6 Å². The lowest BCUT2D eigenvalue weighted by molar-refractivity contribution is -0.132. The number of aromatic nitrogens is 1. The largest absolute Gasteiger partial charge is 0.361 e. The summed E-state index contributed by atoms with van der Waals surface area (Å²) in [6.07, 6.45) is 0.311. The fraction of sp³-hybridized carbons (Fsp3) is 0.692. The van der Waals surface area contributed by atoms with Crippen LogP contribution in [0.1, 0.15) is 25.3 Å². The fourth-order valence-corrected chi connectivity index (χ4v) is 2.21. The minimum absolute atomic E-state index is 0.123. The average molecular weight is 251 g/mol. The summed E-state index contributed by atoms with van der Waals surface area (Å²) in [5.74, 6) is 1.31. The Morgan fingerprint density at radius 2 is 2.44 bits per heavy atom. The second-order valence-electron chi connectivity index (χ2n) is 5.26. The van der Waals surface area contributed by atoms with Gasteiger partial charge in [-0.3, -0.25) is 4.79 Å². The first-order valence-corrected chi connectivity index (χ1v) is 6.49. The summed E-state index contributed by atoms with van der Waals surface area (Å²) in [7, 11) is 0. The molecule has 0 spiro atoms. The molecule has 0 aliphatic carbocycles. The monoisotopic (exact) mass is 251 g/mol. The molecule has 0 unspecified atom stereocenters. The van der Waals surface area contributed by atoms with E-state index in [0.29, 0.717) is 24.1 Å². The summed E-state index contributed by atoms with van der Waals surface area (Å²) in [5, 5.41) is 7.24. The highest BCUT2D eigenvalue weighted by Crippen LogP contribution is 2.11. The number of hydrogen-bond acceptors (Lipinski definition) is 4. The molecule has 18 heavy (non-hydrogen) atoms. The van der Waals surface area contributed by atoms with Crippen molar-refractivity contribution in [3.05, 3.63) is 17.5 Å². The van der Waals surface area contributed by atoms with Crippen LogP contribution in [0.25, 0.3) is 0 Å². The normalized spacial score (nSPS) is 20.4. The number of nitrogens with one attached hydrogen (secondary N) is 1. The zero-order valence-corrected chi connectivity index (χ0v) is 11.3. The number of carbonyl (C=O) groups is 1. The van der Waals surface area contributed by atoms with E-state index in [2.05, 4.69) is 24.3 Å². The van der Waals surface area contributed by atoms with Gasteiger partial charge in [-0.25, -0.2) is 0 Å². The van der Waals surface area contributed by atoms with Crippen molar-refractivity contribution in [2.45, 2.75) is 33.2 Å². The van der Waals surface area contributed by atoms with Crippen molar-refractivity contribution in [2.75, 3.05) is 19.6 Å². The molecule has 2 rings (SSSR count). The molecule has 1 aromatic heterocycles. The Morgan fingerprint density at radius 3 is 3.06 bits per heavy atom. The van der Waals surface area contributed by atoms with E-state index in [1.807, 2.05) is 17.9 Å². The highest BCUT2D eigenvalue weighted by molar-refractivity contribution is 5.78. The molecule has 1 fully saturated rings. The van der Waals surface area contributed by atoms with Gasteiger partial charge < -0.3 is 14.7 Å². The first kappa shape index (κ1) is 13.1. The van der Waals surface area contributed by atoms with E-state index in [9.17, 15) is 4.79 Å². The predicted molar refractivity (Wildman–Crippen MR) is 68.2 cm³/mol. The van der Waals surface area contributed by atoms with Crippen molar-refractivity contribution in [2.24, 2.45) is 5.92 Å². The van der Waals surface area contributed by atoms with Gasteiger partial charge in [0, 0.05) is 31.7 Å². The van der Waals surface area contributed by atoms with Crippen molar-refractivity contribution >= 4 is 5.91 Å². The molecule has 5 nitrogen and oxygen atoms in total. The maximum Gasteiger partial charge on any atom is 0.230 e. The molecule has 1 saturated heterocycles. The van der Waals surface area contributed by atoms with Crippen LogP contribution in [0.5, 0.6) is 0 Å². The maximum atomic E-state index is 12.2. The van der Waals surface area contributed by atoms with Gasteiger partial charge in [0.2, 0.25) is 5.91 Å². The number of aryl methyl sites for hydroxylation is 1. The lowest BCUT2D eigenvalue weighted by Crippen LogP contribution is -2.54. The van der Waals surface area contributed by atoms with Gasteiger partial charge in [0.15, 0.2) is 0 Å². The van der Waals surface area contributed by atoms with Crippen LogP contribution >= 0.6 is 0 Å². The standard InChI is InChI=1S/C13H21N3O2/c1-9(2)12-8-16(5-4-14-12)13(17)7-11-6-10(3)15-18-11/h6,9,12,14H,4-5,7-8H2,1-3H3/t12-/m1/s1. The van der Waals surface area contributed by atoms with Gasteiger partial charge in [-0.05, 0) is 12.8 Å². The van der Waals surface area contributed by atoms with E-state index in [-0.39, 0.29) is 5.91 Å². The Hall–Kier alpha value is -1.36. The molecule has 0 radical (unpaired) electrons. The van der Waals surface area contributed by atoms with E-state index < -0.39 is 0 Å². The lowest BCUT2D eigenvalue weighted by Gasteiger charge is -2.35. The SMILES string of the molecule is Cc1cc(CC(=O)N2CCN[C@@H](C(C)C)C2)on1. The summed E-state index contributed by atoms with van der Waals surface area (Å²) >= 11 is 0. The number of piperazine rings is 1. The molecule has 100 valence electrons. The third-order valence-electron chi connectivity index (χ3n) is 3.36. The van der Waals surface area contributed by atoms with Crippen LogP contribution in [0.4, 0.5) is 0 Å². The topological polar surface area (TPSA) is 58.4 Å². The highest BCUT2D eigenvalue weighted by atomic mass is 16.5. The molecule has 0 bridgehead atoms. The van der Waals surface area contributed by atoms with E-state index in [4.69, 9.17) is 4.52 Å². The summed E-state index contributed by atoms with van der Waals surface area (Å²) in [6, 6.07) is 2.21. The Labute approximate surface area is 108 Å². The molecule has 1 atom stereocenters. The van der Waals surface area contributed by atoms with Crippen LogP contribution in [-0.2, 0) is 11.2 Å². The number of carbonyl (C=O) groups excluding carboxylic acids is 1. The Balaban J connectivity index is 1.92. The van der Waals surface area contributed by atoms with Crippen LogP contribution in [0, 0.1) is 12.8 Å². The number of nitrogens with zero attached hydrogens (tertiary/aromatic N) is 2. The zero-order valence-electron chi connectivity index (χ0n) is 11.3. The highest BCUT2D eigenvalue weighted by Gasteiger charge is 2.25. The number of hydrogen-bond donors (Lipinski definition) is 1. The van der Waals surface area contributed by atoms with Crippen LogP contribution < -0.4 is 5.32 Å². The van der Waals surface area contributed by atoms with Gasteiger partial charge >= 0.3 is 0 Å². The van der Waals surface area contributed by atoms with Crippen molar-refractivity contribution in [1.82, 2.24) is 15.4 Å². The fourth-order valence-electron chi connectivity index (χ4n) is 2.21. The van der Waals surface area contributed by atoms with Crippen molar-refractivity contribution in [1.29, 1.82) is 0 Å².